The molecule has 0 unspecified atom stereocenters. The second kappa shape index (κ2) is 8.43. The highest BCUT2D eigenvalue weighted by atomic mass is 16.2. The summed E-state index contributed by atoms with van der Waals surface area (Å²) < 4.78 is 0. The van der Waals surface area contributed by atoms with Gasteiger partial charge in [-0.15, -0.1) is 0 Å². The summed E-state index contributed by atoms with van der Waals surface area (Å²) in [5.74, 6) is -1.11. The van der Waals surface area contributed by atoms with Crippen molar-refractivity contribution in [3.8, 4) is 0 Å². The number of urea groups is 1. The lowest BCUT2D eigenvalue weighted by Crippen LogP contribution is -2.46. The molecule has 9 nitrogen and oxygen atoms in total. The predicted octanol–water partition coefficient (Wildman–Crippen LogP) is -0.224. The van der Waals surface area contributed by atoms with Crippen LogP contribution in [0.15, 0.2) is 24.3 Å². The summed E-state index contributed by atoms with van der Waals surface area (Å²) in [5, 5.41) is 7.59. The molecule has 1 aromatic rings. The number of rotatable bonds is 7. The summed E-state index contributed by atoms with van der Waals surface area (Å²) in [5.41, 5.74) is 6.91. The van der Waals surface area contributed by atoms with Crippen molar-refractivity contribution in [2.75, 3.05) is 18.4 Å². The summed E-state index contributed by atoms with van der Waals surface area (Å²) in [4.78, 5) is 48.0. The molecule has 1 aromatic carbocycles. The van der Waals surface area contributed by atoms with Crippen molar-refractivity contribution in [3.63, 3.8) is 0 Å². The number of nitrogens with two attached hydrogens (primary N) is 1. The van der Waals surface area contributed by atoms with Crippen LogP contribution in [0.3, 0.4) is 0 Å². The molecule has 26 heavy (non-hydrogen) atoms. The van der Waals surface area contributed by atoms with E-state index < -0.39 is 18.0 Å². The molecule has 0 bridgehead atoms. The van der Waals surface area contributed by atoms with E-state index in [1.54, 1.807) is 24.3 Å². The molecule has 1 fully saturated rings. The Balaban J connectivity index is 1.89. The molecule has 1 atom stereocenters. The first kappa shape index (κ1) is 19.4. The van der Waals surface area contributed by atoms with Crippen LogP contribution in [0, 0.1) is 5.92 Å². The number of nitrogens with one attached hydrogen (secondary N) is 3. The molecule has 0 aromatic heterocycles. The highest BCUT2D eigenvalue weighted by Gasteiger charge is 2.28. The van der Waals surface area contributed by atoms with Crippen molar-refractivity contribution in [3.05, 3.63) is 29.8 Å². The fourth-order valence-electron chi connectivity index (χ4n) is 2.34. The zero-order chi connectivity index (χ0) is 19.3. The average Bonchev–Trinajstić information content (AvgIpc) is 2.91. The number of amides is 5. The number of nitrogens with zero attached hydrogens (tertiary/aromatic N) is 1. The fourth-order valence-corrected chi connectivity index (χ4v) is 2.34. The van der Waals surface area contributed by atoms with Gasteiger partial charge in [-0.25, -0.2) is 4.79 Å². The quantitative estimate of drug-likeness (QED) is 0.498. The minimum atomic E-state index is -0.671. The van der Waals surface area contributed by atoms with E-state index in [9.17, 15) is 19.2 Å². The second-order valence-electron chi connectivity index (χ2n) is 6.37. The van der Waals surface area contributed by atoms with E-state index in [4.69, 9.17) is 5.73 Å². The Kier molecular flexibility index (Phi) is 6.29. The van der Waals surface area contributed by atoms with Gasteiger partial charge in [-0.2, -0.15) is 0 Å². The van der Waals surface area contributed by atoms with E-state index in [1.807, 2.05) is 13.8 Å². The summed E-state index contributed by atoms with van der Waals surface area (Å²) in [7, 11) is 0. The number of hydrogen-bond acceptors (Lipinski definition) is 5. The Bertz CT molecular complexity index is 703. The number of hydrogen-bond donors (Lipinski definition) is 4. The molecule has 2 rings (SSSR count). The maximum Gasteiger partial charge on any atom is 0.324 e. The second-order valence-corrected chi connectivity index (χ2v) is 6.37. The number of anilines is 1. The fraction of sp³-hybridized carbons (Fsp3) is 0.412. The van der Waals surface area contributed by atoms with Crippen LogP contribution < -0.4 is 21.7 Å². The van der Waals surface area contributed by atoms with Crippen molar-refractivity contribution in [2.45, 2.75) is 26.4 Å². The number of carbonyl (C=O) groups is 4. The zero-order valence-electron chi connectivity index (χ0n) is 14.7. The van der Waals surface area contributed by atoms with E-state index in [-0.39, 0.29) is 37.4 Å². The molecule has 1 saturated heterocycles. The van der Waals surface area contributed by atoms with Crippen LogP contribution in [0.25, 0.3) is 0 Å². The van der Waals surface area contributed by atoms with Crippen molar-refractivity contribution in [2.24, 2.45) is 11.7 Å². The highest BCUT2D eigenvalue weighted by Crippen LogP contribution is 2.14. The Labute approximate surface area is 151 Å². The lowest BCUT2D eigenvalue weighted by atomic mass is 10.1. The third kappa shape index (κ3) is 5.03. The van der Waals surface area contributed by atoms with Crippen LogP contribution in [-0.2, 0) is 20.9 Å². The molecule has 5 N–H and O–H groups in total. The maximum atomic E-state index is 12.0. The van der Waals surface area contributed by atoms with Gasteiger partial charge in [-0.1, -0.05) is 26.0 Å². The summed E-state index contributed by atoms with van der Waals surface area (Å²) >= 11 is 0. The number of carbonyl (C=O) groups excluding carboxylic acids is 4. The van der Waals surface area contributed by atoms with Gasteiger partial charge < -0.3 is 21.7 Å². The first-order valence-electron chi connectivity index (χ1n) is 8.28. The Morgan fingerprint density at radius 1 is 1.31 bits per heavy atom. The number of imide groups is 1. The Hall–Kier alpha value is -2.94. The van der Waals surface area contributed by atoms with E-state index in [2.05, 4.69) is 16.0 Å². The summed E-state index contributed by atoms with van der Waals surface area (Å²) in [6.45, 7) is 3.56. The van der Waals surface area contributed by atoms with Gasteiger partial charge in [-0.3, -0.25) is 19.3 Å². The smallest absolute Gasteiger partial charge is 0.324 e. The largest absolute Gasteiger partial charge is 0.346 e. The van der Waals surface area contributed by atoms with E-state index in [0.717, 1.165) is 4.90 Å². The first-order chi connectivity index (χ1) is 12.3. The monoisotopic (exact) mass is 361 g/mol. The van der Waals surface area contributed by atoms with Gasteiger partial charge >= 0.3 is 6.03 Å². The van der Waals surface area contributed by atoms with Gasteiger partial charge in [0.1, 0.15) is 0 Å². The van der Waals surface area contributed by atoms with Crippen LogP contribution in [0.4, 0.5) is 10.5 Å². The molecular formula is C17H23N5O4. The van der Waals surface area contributed by atoms with Gasteiger partial charge in [0.05, 0.1) is 25.7 Å². The molecule has 0 aliphatic carbocycles. The lowest BCUT2D eigenvalue weighted by molar-refractivity contribution is -0.126. The normalized spacial score (nSPS) is 15.0. The molecule has 9 heteroatoms. The van der Waals surface area contributed by atoms with Crippen molar-refractivity contribution in [1.29, 1.82) is 0 Å². The van der Waals surface area contributed by atoms with Crippen LogP contribution in [-0.4, -0.2) is 47.8 Å². The molecule has 0 saturated carbocycles. The third-order valence-corrected chi connectivity index (χ3v) is 3.93. The van der Waals surface area contributed by atoms with E-state index in [0.29, 0.717) is 11.3 Å². The minimum absolute atomic E-state index is 0.00648. The average molecular weight is 361 g/mol. The van der Waals surface area contributed by atoms with Crippen molar-refractivity contribution >= 4 is 29.4 Å². The molecular weight excluding hydrogens is 338 g/mol. The maximum absolute atomic E-state index is 12.0. The topological polar surface area (TPSA) is 134 Å². The molecule has 140 valence electrons. The molecule has 1 heterocycles. The molecule has 1 aliphatic heterocycles. The minimum Gasteiger partial charge on any atom is -0.346 e. The molecule has 5 amide bonds. The zero-order valence-corrected chi connectivity index (χ0v) is 14.7. The first-order valence-corrected chi connectivity index (χ1v) is 8.28. The van der Waals surface area contributed by atoms with Crippen LogP contribution in [0.2, 0.25) is 0 Å². The Morgan fingerprint density at radius 2 is 2.04 bits per heavy atom. The standard InChI is InChI=1S/C17H23N5O4/c1-10(2)15(18)16(25)19-7-13(23)21-12-5-3-4-11(6-12)9-22-14(24)8-20-17(22)26/h3-6,10,15H,7-9,18H2,1-2H3,(H,19,25)(H,20,26)(H,21,23)/t15-/m0/s1. The van der Waals surface area contributed by atoms with Gasteiger partial charge in [-0.05, 0) is 23.6 Å². The SMILES string of the molecule is CC(C)[C@H](N)C(=O)NCC(=O)Nc1cccc(CN2C(=O)CNC2=O)c1. The summed E-state index contributed by atoms with van der Waals surface area (Å²) in [6, 6.07) is 5.69. The summed E-state index contributed by atoms with van der Waals surface area (Å²) in [6.07, 6.45) is 0. The van der Waals surface area contributed by atoms with Gasteiger partial charge in [0.2, 0.25) is 17.7 Å². The molecule has 0 spiro atoms. The van der Waals surface area contributed by atoms with Gasteiger partial charge in [0.15, 0.2) is 0 Å². The van der Waals surface area contributed by atoms with Gasteiger partial charge in [0.25, 0.3) is 0 Å². The lowest BCUT2D eigenvalue weighted by Gasteiger charge is -2.15. The predicted molar refractivity (Wildman–Crippen MR) is 94.8 cm³/mol. The molecule has 0 radical (unpaired) electrons. The van der Waals surface area contributed by atoms with Crippen LogP contribution in [0.5, 0.6) is 0 Å². The third-order valence-electron chi connectivity index (χ3n) is 3.93. The van der Waals surface area contributed by atoms with Gasteiger partial charge in [0, 0.05) is 5.69 Å². The number of benzene rings is 1. The van der Waals surface area contributed by atoms with E-state index in [1.165, 1.54) is 0 Å². The van der Waals surface area contributed by atoms with Crippen molar-refractivity contribution < 1.29 is 19.2 Å². The Morgan fingerprint density at radius 3 is 2.65 bits per heavy atom. The highest BCUT2D eigenvalue weighted by molar-refractivity contribution is 6.02. The van der Waals surface area contributed by atoms with E-state index >= 15 is 0 Å². The van der Waals surface area contributed by atoms with Crippen molar-refractivity contribution in [1.82, 2.24) is 15.5 Å². The van der Waals surface area contributed by atoms with Crippen LogP contribution in [0.1, 0.15) is 19.4 Å². The van der Waals surface area contributed by atoms with Crippen LogP contribution >= 0.6 is 0 Å². The molecule has 1 aliphatic rings.